The molecule has 0 radical (unpaired) electrons. The first-order valence-corrected chi connectivity index (χ1v) is 7.51. The maximum absolute atomic E-state index is 9.74. The highest BCUT2D eigenvalue weighted by Crippen LogP contribution is 2.41. The number of hydrogen-bond acceptors (Lipinski definition) is 4. The van der Waals surface area contributed by atoms with Crippen LogP contribution in [0.5, 0.6) is 0 Å². The van der Waals surface area contributed by atoms with E-state index in [2.05, 4.69) is 16.4 Å². The van der Waals surface area contributed by atoms with Crippen LogP contribution in [0, 0.1) is 16.7 Å². The van der Waals surface area contributed by atoms with Crippen molar-refractivity contribution >= 4 is 22.4 Å². The summed E-state index contributed by atoms with van der Waals surface area (Å²) in [7, 11) is 0. The fourth-order valence-corrected chi connectivity index (χ4v) is 3.88. The van der Waals surface area contributed by atoms with E-state index in [1.165, 1.54) is 11.3 Å². The molecule has 0 saturated heterocycles. The summed E-state index contributed by atoms with van der Waals surface area (Å²) in [6.07, 6.45) is 2.21. The van der Waals surface area contributed by atoms with E-state index in [0.29, 0.717) is 11.6 Å². The van der Waals surface area contributed by atoms with E-state index >= 15 is 0 Å². The van der Waals surface area contributed by atoms with Gasteiger partial charge in [-0.2, -0.15) is 5.26 Å². The Labute approximate surface area is 127 Å². The van der Waals surface area contributed by atoms with Crippen LogP contribution >= 0.6 is 11.3 Å². The van der Waals surface area contributed by atoms with Crippen LogP contribution in [0.4, 0.5) is 5.13 Å². The third kappa shape index (κ3) is 2.48. The van der Waals surface area contributed by atoms with Crippen molar-refractivity contribution in [2.24, 2.45) is 5.73 Å². The first-order valence-electron chi connectivity index (χ1n) is 6.69. The number of fused-ring (bicyclic) bond motifs is 1. The first-order chi connectivity index (χ1) is 10.1. The lowest BCUT2D eigenvalue weighted by molar-refractivity contribution is 0.473. The Morgan fingerprint density at radius 3 is 2.86 bits per heavy atom. The summed E-state index contributed by atoms with van der Waals surface area (Å²) in [5, 5.41) is 20.4. The minimum absolute atomic E-state index is 0.115. The Hall–Kier alpha value is -2.39. The zero-order valence-corrected chi connectivity index (χ0v) is 12.2. The first kappa shape index (κ1) is 13.6. The summed E-state index contributed by atoms with van der Waals surface area (Å²) in [5.41, 5.74) is 6.94. The van der Waals surface area contributed by atoms with Crippen LogP contribution in [0.2, 0.25) is 0 Å². The number of benzene rings is 1. The Balaban J connectivity index is 1.94. The summed E-state index contributed by atoms with van der Waals surface area (Å²) in [6, 6.07) is 12.5. The van der Waals surface area contributed by atoms with Gasteiger partial charge in [-0.3, -0.25) is 5.41 Å². The molecular formula is C15H15N5S. The molecule has 0 bridgehead atoms. The fraction of sp³-hybridized carbons (Fsp3) is 0.267. The van der Waals surface area contributed by atoms with Crippen molar-refractivity contribution in [1.29, 1.82) is 10.7 Å². The lowest BCUT2D eigenvalue weighted by atomic mass is 9.71. The molecule has 0 aliphatic heterocycles. The number of thiazole rings is 1. The van der Waals surface area contributed by atoms with Crippen molar-refractivity contribution in [2.75, 3.05) is 5.32 Å². The number of nitrogens with zero attached hydrogens (tertiary/aromatic N) is 2. The average Bonchev–Trinajstić information content (AvgIpc) is 2.88. The maximum atomic E-state index is 9.74. The minimum Gasteiger partial charge on any atom is -0.370 e. The number of hydrogen-bond donors (Lipinski definition) is 3. The molecule has 0 fully saturated rings. The molecule has 1 aromatic heterocycles. The molecule has 0 amide bonds. The van der Waals surface area contributed by atoms with E-state index in [1.807, 2.05) is 30.3 Å². The molecule has 21 heavy (non-hydrogen) atoms. The van der Waals surface area contributed by atoms with E-state index in [1.54, 1.807) is 0 Å². The van der Waals surface area contributed by atoms with Crippen molar-refractivity contribution in [3.63, 3.8) is 0 Å². The number of aromatic nitrogens is 1. The van der Waals surface area contributed by atoms with E-state index in [-0.39, 0.29) is 5.96 Å². The van der Waals surface area contributed by atoms with Gasteiger partial charge in [0.25, 0.3) is 0 Å². The molecule has 1 aliphatic carbocycles. The number of guanidine groups is 1. The van der Waals surface area contributed by atoms with E-state index in [0.717, 1.165) is 29.0 Å². The summed E-state index contributed by atoms with van der Waals surface area (Å²) in [5.74, 6) is -0.115. The summed E-state index contributed by atoms with van der Waals surface area (Å²) in [4.78, 5) is 5.57. The Morgan fingerprint density at radius 2 is 2.19 bits per heavy atom. The second-order valence-electron chi connectivity index (χ2n) is 5.16. The molecule has 3 rings (SSSR count). The molecule has 2 aromatic rings. The second kappa shape index (κ2) is 5.19. The molecule has 5 nitrogen and oxygen atoms in total. The highest BCUT2D eigenvalue weighted by atomic mass is 32.1. The van der Waals surface area contributed by atoms with Gasteiger partial charge in [0.1, 0.15) is 0 Å². The predicted molar refractivity (Wildman–Crippen MR) is 83.4 cm³/mol. The SMILES string of the molecule is N#CC1(c2ccccc2)CCc2nc(NC(=N)N)sc2C1. The Morgan fingerprint density at radius 1 is 1.43 bits per heavy atom. The minimum atomic E-state index is -0.478. The standard InChI is InChI=1S/C15H15N5S/c16-9-15(10-4-2-1-3-5-10)7-6-11-12(8-15)21-14(19-11)20-13(17)18/h1-5H,6-8H2,(H4,17,18,19,20). The Kier molecular flexibility index (Phi) is 3.35. The fourth-order valence-electron chi connectivity index (χ4n) is 2.74. The zero-order chi connectivity index (χ0) is 14.9. The van der Waals surface area contributed by atoms with Crippen LogP contribution in [0.15, 0.2) is 30.3 Å². The summed E-state index contributed by atoms with van der Waals surface area (Å²) >= 11 is 1.48. The number of nitrogens with one attached hydrogen (secondary N) is 2. The molecule has 4 N–H and O–H groups in total. The van der Waals surface area contributed by atoms with Crippen LogP contribution in [-0.2, 0) is 18.3 Å². The van der Waals surface area contributed by atoms with Gasteiger partial charge in [-0.15, -0.1) is 11.3 Å². The monoisotopic (exact) mass is 297 g/mol. The van der Waals surface area contributed by atoms with Gasteiger partial charge in [0.05, 0.1) is 17.2 Å². The normalized spacial score (nSPS) is 20.3. The van der Waals surface area contributed by atoms with Crippen molar-refractivity contribution < 1.29 is 0 Å². The average molecular weight is 297 g/mol. The smallest absolute Gasteiger partial charge is 0.192 e. The van der Waals surface area contributed by atoms with Crippen molar-refractivity contribution in [2.45, 2.75) is 24.7 Å². The summed E-state index contributed by atoms with van der Waals surface area (Å²) in [6.45, 7) is 0. The molecular weight excluding hydrogens is 282 g/mol. The van der Waals surface area contributed by atoms with Crippen LogP contribution in [0.1, 0.15) is 22.6 Å². The molecule has 0 spiro atoms. The number of anilines is 1. The molecule has 1 unspecified atom stereocenters. The number of aryl methyl sites for hydroxylation is 1. The predicted octanol–water partition coefficient (Wildman–Crippen LogP) is 2.40. The number of nitriles is 1. The molecule has 1 heterocycles. The number of nitrogens with two attached hydrogens (primary N) is 1. The lowest BCUT2D eigenvalue weighted by Gasteiger charge is -2.30. The molecule has 106 valence electrons. The molecule has 0 saturated carbocycles. The highest BCUT2D eigenvalue weighted by Gasteiger charge is 2.38. The molecule has 1 aromatic carbocycles. The Bertz CT molecular complexity index is 715. The third-order valence-corrected chi connectivity index (χ3v) is 4.82. The van der Waals surface area contributed by atoms with Crippen LogP contribution < -0.4 is 11.1 Å². The van der Waals surface area contributed by atoms with Gasteiger partial charge >= 0.3 is 0 Å². The van der Waals surface area contributed by atoms with Crippen LogP contribution in [-0.4, -0.2) is 10.9 Å². The largest absolute Gasteiger partial charge is 0.370 e. The summed E-state index contributed by atoms with van der Waals surface area (Å²) < 4.78 is 0. The molecule has 1 atom stereocenters. The topological polar surface area (TPSA) is 98.6 Å². The molecule has 1 aliphatic rings. The van der Waals surface area contributed by atoms with E-state index in [9.17, 15) is 5.26 Å². The van der Waals surface area contributed by atoms with Gasteiger partial charge in [0, 0.05) is 11.3 Å². The van der Waals surface area contributed by atoms with Crippen molar-refractivity contribution in [3.8, 4) is 6.07 Å². The lowest BCUT2D eigenvalue weighted by Crippen LogP contribution is -2.31. The van der Waals surface area contributed by atoms with Gasteiger partial charge < -0.3 is 11.1 Å². The number of rotatable bonds is 2. The van der Waals surface area contributed by atoms with E-state index < -0.39 is 5.41 Å². The second-order valence-corrected chi connectivity index (χ2v) is 6.25. The van der Waals surface area contributed by atoms with Crippen molar-refractivity contribution in [3.05, 3.63) is 46.5 Å². The van der Waals surface area contributed by atoms with Gasteiger partial charge in [0.2, 0.25) is 0 Å². The van der Waals surface area contributed by atoms with Crippen molar-refractivity contribution in [1.82, 2.24) is 4.98 Å². The third-order valence-electron chi connectivity index (χ3n) is 3.81. The maximum Gasteiger partial charge on any atom is 0.192 e. The van der Waals surface area contributed by atoms with Gasteiger partial charge in [-0.1, -0.05) is 30.3 Å². The van der Waals surface area contributed by atoms with Gasteiger partial charge in [0.15, 0.2) is 11.1 Å². The van der Waals surface area contributed by atoms with E-state index in [4.69, 9.17) is 11.1 Å². The highest BCUT2D eigenvalue weighted by molar-refractivity contribution is 7.15. The zero-order valence-electron chi connectivity index (χ0n) is 11.4. The van der Waals surface area contributed by atoms with Gasteiger partial charge in [-0.05, 0) is 18.4 Å². The van der Waals surface area contributed by atoms with Crippen LogP contribution in [0.3, 0.4) is 0 Å². The molecule has 6 heteroatoms. The van der Waals surface area contributed by atoms with Gasteiger partial charge in [-0.25, -0.2) is 4.98 Å². The van der Waals surface area contributed by atoms with Crippen LogP contribution in [0.25, 0.3) is 0 Å². The quantitative estimate of drug-likeness (QED) is 0.585.